The first-order chi connectivity index (χ1) is 4.20. The first kappa shape index (κ1) is 6.33. The number of rotatable bonds is 0. The Morgan fingerprint density at radius 1 is 1.67 bits per heavy atom. The van der Waals surface area contributed by atoms with Gasteiger partial charge in [-0.1, -0.05) is 0 Å². The van der Waals surface area contributed by atoms with Crippen molar-refractivity contribution < 1.29 is 0 Å². The van der Waals surface area contributed by atoms with Crippen LogP contribution in [0.15, 0.2) is 16.8 Å². The van der Waals surface area contributed by atoms with E-state index < -0.39 is 0 Å². The molecule has 0 aliphatic carbocycles. The van der Waals surface area contributed by atoms with E-state index in [0.29, 0.717) is 6.17 Å². The number of hydrogen-bond donors (Lipinski definition) is 0. The van der Waals surface area contributed by atoms with Gasteiger partial charge in [-0.3, -0.25) is 4.99 Å². The normalized spacial score (nSPS) is 26.3. The summed E-state index contributed by atoms with van der Waals surface area (Å²) in [5.74, 6) is 0. The summed E-state index contributed by atoms with van der Waals surface area (Å²) >= 11 is 0. The third-order valence-corrected chi connectivity index (χ3v) is 1.49. The van der Waals surface area contributed by atoms with E-state index in [1.165, 1.54) is 5.57 Å². The van der Waals surface area contributed by atoms with E-state index in [1.807, 2.05) is 20.2 Å². The molecule has 2 heteroatoms. The Balaban J connectivity index is 2.70. The predicted molar refractivity (Wildman–Crippen MR) is 39.5 cm³/mol. The van der Waals surface area contributed by atoms with Gasteiger partial charge in [0.1, 0.15) is 6.17 Å². The third-order valence-electron chi connectivity index (χ3n) is 1.49. The van der Waals surface area contributed by atoms with E-state index in [4.69, 9.17) is 0 Å². The van der Waals surface area contributed by atoms with Crippen LogP contribution in [-0.4, -0.2) is 24.3 Å². The average molecular weight is 124 g/mol. The molecule has 1 rings (SSSR count). The van der Waals surface area contributed by atoms with Gasteiger partial charge in [0.25, 0.3) is 0 Å². The van der Waals surface area contributed by atoms with Crippen LogP contribution in [0.4, 0.5) is 0 Å². The Hall–Kier alpha value is -0.790. The molecule has 0 bridgehead atoms. The summed E-state index contributed by atoms with van der Waals surface area (Å²) in [5.41, 5.74) is 1.22. The van der Waals surface area contributed by atoms with Crippen molar-refractivity contribution in [2.24, 2.45) is 4.99 Å². The molecule has 0 saturated heterocycles. The van der Waals surface area contributed by atoms with E-state index in [2.05, 4.69) is 23.0 Å². The van der Waals surface area contributed by atoms with E-state index in [1.54, 1.807) is 0 Å². The molecule has 0 spiro atoms. The van der Waals surface area contributed by atoms with Crippen LogP contribution in [0, 0.1) is 0 Å². The predicted octanol–water partition coefficient (Wildman–Crippen LogP) is 1.25. The zero-order valence-electron chi connectivity index (χ0n) is 6.13. The molecule has 50 valence electrons. The molecule has 0 radical (unpaired) electrons. The second kappa shape index (κ2) is 2.21. The zero-order chi connectivity index (χ0) is 6.85. The van der Waals surface area contributed by atoms with Crippen LogP contribution >= 0.6 is 0 Å². The topological polar surface area (TPSA) is 15.6 Å². The summed E-state index contributed by atoms with van der Waals surface area (Å²) in [6.45, 7) is 4.12. The Morgan fingerprint density at radius 3 is 2.78 bits per heavy atom. The smallest absolute Gasteiger partial charge is 0.117 e. The van der Waals surface area contributed by atoms with Gasteiger partial charge in [0, 0.05) is 19.5 Å². The number of nitrogens with zero attached hydrogens (tertiary/aromatic N) is 2. The highest BCUT2D eigenvalue weighted by atomic mass is 15.2. The quantitative estimate of drug-likeness (QED) is 0.474. The lowest BCUT2D eigenvalue weighted by Crippen LogP contribution is -2.24. The summed E-state index contributed by atoms with van der Waals surface area (Å²) < 4.78 is 0. The molecule has 2 nitrogen and oxygen atoms in total. The molecule has 0 fully saturated rings. The summed E-state index contributed by atoms with van der Waals surface area (Å²) in [7, 11) is 2.03. The fourth-order valence-electron chi connectivity index (χ4n) is 0.793. The lowest BCUT2D eigenvalue weighted by molar-refractivity contribution is 0.357. The Labute approximate surface area is 55.9 Å². The standard InChI is InChI=1S/C7H12N2/c1-6-4-8-7(2)9(3)5-6/h4-5,7H,1-3H3. The summed E-state index contributed by atoms with van der Waals surface area (Å²) in [5, 5.41) is 0. The molecule has 0 amide bonds. The summed E-state index contributed by atoms with van der Waals surface area (Å²) in [4.78, 5) is 6.32. The van der Waals surface area contributed by atoms with Crippen LogP contribution in [0.5, 0.6) is 0 Å². The lowest BCUT2D eigenvalue weighted by atomic mass is 10.3. The van der Waals surface area contributed by atoms with Crippen LogP contribution in [-0.2, 0) is 0 Å². The molecule has 1 aliphatic heterocycles. The summed E-state index contributed by atoms with van der Waals surface area (Å²) in [6.07, 6.45) is 4.32. The van der Waals surface area contributed by atoms with Crippen LogP contribution in [0.3, 0.4) is 0 Å². The van der Waals surface area contributed by atoms with E-state index in [9.17, 15) is 0 Å². The SMILES string of the molecule is CC1=CN(C)C(C)N=C1. The Morgan fingerprint density at radius 2 is 2.33 bits per heavy atom. The van der Waals surface area contributed by atoms with Crippen LogP contribution in [0.25, 0.3) is 0 Å². The number of aliphatic imine (C=N–C) groups is 1. The van der Waals surface area contributed by atoms with E-state index in [0.717, 1.165) is 0 Å². The second-order valence-corrected chi connectivity index (χ2v) is 2.45. The fourth-order valence-corrected chi connectivity index (χ4v) is 0.793. The first-order valence-electron chi connectivity index (χ1n) is 3.13. The molecule has 1 aliphatic rings. The summed E-state index contributed by atoms with van der Waals surface area (Å²) in [6, 6.07) is 0. The molecule has 0 saturated carbocycles. The average Bonchev–Trinajstić information content (AvgIpc) is 1.80. The van der Waals surface area contributed by atoms with Gasteiger partial charge in [0.2, 0.25) is 0 Å². The molecule has 0 aromatic carbocycles. The van der Waals surface area contributed by atoms with Crippen molar-refractivity contribution >= 4 is 6.21 Å². The maximum Gasteiger partial charge on any atom is 0.117 e. The molecular weight excluding hydrogens is 112 g/mol. The number of hydrogen-bond acceptors (Lipinski definition) is 2. The van der Waals surface area contributed by atoms with Gasteiger partial charge in [0.05, 0.1) is 0 Å². The fraction of sp³-hybridized carbons (Fsp3) is 0.571. The van der Waals surface area contributed by atoms with Gasteiger partial charge in [-0.2, -0.15) is 0 Å². The molecule has 1 atom stereocenters. The van der Waals surface area contributed by atoms with E-state index >= 15 is 0 Å². The minimum atomic E-state index is 0.314. The highest BCUT2D eigenvalue weighted by molar-refractivity contribution is 5.78. The molecule has 9 heavy (non-hydrogen) atoms. The van der Waals surface area contributed by atoms with Crippen molar-refractivity contribution in [3.63, 3.8) is 0 Å². The van der Waals surface area contributed by atoms with Gasteiger partial charge in [-0.25, -0.2) is 0 Å². The van der Waals surface area contributed by atoms with Crippen LogP contribution in [0.1, 0.15) is 13.8 Å². The minimum Gasteiger partial charge on any atom is -0.359 e. The van der Waals surface area contributed by atoms with Crippen molar-refractivity contribution in [3.05, 3.63) is 11.8 Å². The molecule has 0 aromatic heterocycles. The maximum atomic E-state index is 4.22. The Bertz CT molecular complexity index is 158. The highest BCUT2D eigenvalue weighted by Gasteiger charge is 2.05. The van der Waals surface area contributed by atoms with Gasteiger partial charge < -0.3 is 4.90 Å². The Kier molecular flexibility index (Phi) is 1.56. The van der Waals surface area contributed by atoms with Crippen LogP contribution < -0.4 is 0 Å². The van der Waals surface area contributed by atoms with Crippen molar-refractivity contribution in [2.45, 2.75) is 20.0 Å². The monoisotopic (exact) mass is 124 g/mol. The highest BCUT2D eigenvalue weighted by Crippen LogP contribution is 2.05. The largest absolute Gasteiger partial charge is 0.359 e. The van der Waals surface area contributed by atoms with Gasteiger partial charge in [0.15, 0.2) is 0 Å². The lowest BCUT2D eigenvalue weighted by Gasteiger charge is -2.22. The van der Waals surface area contributed by atoms with E-state index in [-0.39, 0.29) is 0 Å². The first-order valence-corrected chi connectivity index (χ1v) is 3.13. The van der Waals surface area contributed by atoms with Gasteiger partial charge >= 0.3 is 0 Å². The minimum absolute atomic E-state index is 0.314. The van der Waals surface area contributed by atoms with Crippen molar-refractivity contribution in [2.75, 3.05) is 7.05 Å². The van der Waals surface area contributed by atoms with Crippen molar-refractivity contribution in [1.29, 1.82) is 0 Å². The molecule has 0 N–H and O–H groups in total. The molecule has 1 unspecified atom stereocenters. The van der Waals surface area contributed by atoms with Crippen molar-refractivity contribution in [3.8, 4) is 0 Å². The molecule has 0 aromatic rings. The van der Waals surface area contributed by atoms with Crippen LogP contribution in [0.2, 0.25) is 0 Å². The third kappa shape index (κ3) is 1.31. The maximum absolute atomic E-state index is 4.22. The van der Waals surface area contributed by atoms with Gasteiger partial charge in [-0.05, 0) is 19.4 Å². The second-order valence-electron chi connectivity index (χ2n) is 2.45. The molecule has 1 heterocycles. The molecular formula is C7H12N2. The zero-order valence-corrected chi connectivity index (χ0v) is 6.13. The number of allylic oxidation sites excluding steroid dienone is 1. The van der Waals surface area contributed by atoms with Crippen molar-refractivity contribution in [1.82, 2.24) is 4.90 Å². The van der Waals surface area contributed by atoms with Gasteiger partial charge in [-0.15, -0.1) is 0 Å².